The van der Waals surface area contributed by atoms with Gasteiger partial charge in [-0.25, -0.2) is 14.4 Å². The number of ether oxygens (including phenoxy) is 1. The van der Waals surface area contributed by atoms with Crippen molar-refractivity contribution in [2.24, 2.45) is 0 Å². The van der Waals surface area contributed by atoms with Crippen LogP contribution in [-0.2, 0) is 24.2 Å². The zero-order valence-electron chi connectivity index (χ0n) is 17.1. The molecular weight excluding hydrogens is 381 g/mol. The fourth-order valence-electron chi connectivity index (χ4n) is 3.65. The molecule has 1 aromatic carbocycles. The molecule has 3 heterocycles. The van der Waals surface area contributed by atoms with Gasteiger partial charge in [0.1, 0.15) is 17.3 Å². The average Bonchev–Trinajstić information content (AvgIpc) is 2.78. The van der Waals surface area contributed by atoms with Crippen LogP contribution in [0.5, 0.6) is 0 Å². The van der Waals surface area contributed by atoms with Gasteiger partial charge in [-0.15, -0.1) is 0 Å². The Balaban J connectivity index is 1.58. The molecule has 2 aromatic heterocycles. The van der Waals surface area contributed by atoms with Gasteiger partial charge in [-0.2, -0.15) is 0 Å². The Kier molecular flexibility index (Phi) is 6.61. The molecule has 0 radical (unpaired) electrons. The lowest BCUT2D eigenvalue weighted by Gasteiger charge is -2.29. The topological polar surface area (TPSA) is 63.2 Å². The van der Waals surface area contributed by atoms with E-state index in [4.69, 9.17) is 14.7 Å². The summed E-state index contributed by atoms with van der Waals surface area (Å²) < 4.78 is 18.4. The molecule has 0 amide bonds. The number of hydrogen-bond acceptors (Lipinski definition) is 6. The summed E-state index contributed by atoms with van der Waals surface area (Å²) in [5.74, 6) is 1.31. The summed E-state index contributed by atoms with van der Waals surface area (Å²) in [6.07, 6.45) is 3.53. The zero-order chi connectivity index (χ0) is 20.8. The van der Waals surface area contributed by atoms with Crippen molar-refractivity contribution < 1.29 is 9.13 Å². The smallest absolute Gasteiger partial charge is 0.180 e. The molecule has 0 atom stereocenters. The van der Waals surface area contributed by atoms with Gasteiger partial charge in [-0.3, -0.25) is 9.88 Å². The largest absolute Gasteiger partial charge is 0.385 e. The Hall–Kier alpha value is -2.90. The van der Waals surface area contributed by atoms with Crippen LogP contribution >= 0.6 is 0 Å². The van der Waals surface area contributed by atoms with Gasteiger partial charge >= 0.3 is 0 Å². The van der Waals surface area contributed by atoms with Gasteiger partial charge in [0, 0.05) is 51.7 Å². The third kappa shape index (κ3) is 4.98. The van der Waals surface area contributed by atoms with Crippen LogP contribution in [0, 0.1) is 5.82 Å². The normalized spacial score (nSPS) is 13.8. The Morgan fingerprint density at radius 3 is 2.77 bits per heavy atom. The van der Waals surface area contributed by atoms with Gasteiger partial charge < -0.3 is 10.1 Å². The van der Waals surface area contributed by atoms with E-state index in [1.54, 1.807) is 13.3 Å². The molecule has 4 rings (SSSR count). The van der Waals surface area contributed by atoms with E-state index in [1.807, 2.05) is 30.3 Å². The SMILES string of the molecule is COCCCNc1nc(-c2ccccn2)nc2c1CCN(Cc1ccc(F)cc1)C2. The molecule has 0 fully saturated rings. The monoisotopic (exact) mass is 407 g/mol. The van der Waals surface area contributed by atoms with E-state index in [2.05, 4.69) is 15.2 Å². The van der Waals surface area contributed by atoms with Gasteiger partial charge in [-0.05, 0) is 42.7 Å². The molecule has 1 aliphatic heterocycles. The molecule has 30 heavy (non-hydrogen) atoms. The number of fused-ring (bicyclic) bond motifs is 1. The third-order valence-corrected chi connectivity index (χ3v) is 5.18. The number of aromatic nitrogens is 3. The lowest BCUT2D eigenvalue weighted by Crippen LogP contribution is -2.32. The molecule has 1 aliphatic rings. The summed E-state index contributed by atoms with van der Waals surface area (Å²) in [6.45, 7) is 3.89. The van der Waals surface area contributed by atoms with Crippen molar-refractivity contribution in [2.75, 3.05) is 32.1 Å². The van der Waals surface area contributed by atoms with E-state index in [0.717, 1.165) is 61.8 Å². The number of nitrogens with one attached hydrogen (secondary N) is 1. The maximum absolute atomic E-state index is 13.2. The maximum atomic E-state index is 13.2. The van der Waals surface area contributed by atoms with E-state index in [0.29, 0.717) is 12.4 Å². The second kappa shape index (κ2) is 9.73. The number of methoxy groups -OCH3 is 1. The van der Waals surface area contributed by atoms with Crippen LogP contribution < -0.4 is 5.32 Å². The Morgan fingerprint density at radius 2 is 2.00 bits per heavy atom. The van der Waals surface area contributed by atoms with Gasteiger partial charge in [0.05, 0.1) is 5.69 Å². The Labute approximate surface area is 176 Å². The number of nitrogens with zero attached hydrogens (tertiary/aromatic N) is 4. The van der Waals surface area contributed by atoms with Gasteiger partial charge in [-0.1, -0.05) is 18.2 Å². The van der Waals surface area contributed by atoms with Crippen LogP contribution in [0.25, 0.3) is 11.5 Å². The molecule has 6 nitrogen and oxygen atoms in total. The van der Waals surface area contributed by atoms with Crippen molar-refractivity contribution in [2.45, 2.75) is 25.9 Å². The summed E-state index contributed by atoms with van der Waals surface area (Å²) in [6, 6.07) is 12.5. The highest BCUT2D eigenvalue weighted by molar-refractivity contribution is 5.57. The van der Waals surface area contributed by atoms with Crippen molar-refractivity contribution in [1.82, 2.24) is 19.9 Å². The first-order valence-corrected chi connectivity index (χ1v) is 10.2. The van der Waals surface area contributed by atoms with Crippen LogP contribution in [0.4, 0.5) is 10.2 Å². The maximum Gasteiger partial charge on any atom is 0.180 e. The van der Waals surface area contributed by atoms with Crippen molar-refractivity contribution >= 4 is 5.82 Å². The van der Waals surface area contributed by atoms with Crippen LogP contribution in [0.15, 0.2) is 48.7 Å². The van der Waals surface area contributed by atoms with Crippen molar-refractivity contribution in [3.63, 3.8) is 0 Å². The third-order valence-electron chi connectivity index (χ3n) is 5.18. The fraction of sp³-hybridized carbons (Fsp3) is 0.348. The molecular formula is C23H26FN5O. The molecule has 0 aliphatic carbocycles. The van der Waals surface area contributed by atoms with E-state index < -0.39 is 0 Å². The fourth-order valence-corrected chi connectivity index (χ4v) is 3.65. The van der Waals surface area contributed by atoms with Crippen LogP contribution in [0.3, 0.4) is 0 Å². The van der Waals surface area contributed by atoms with Crippen LogP contribution in [-0.4, -0.2) is 46.7 Å². The summed E-state index contributed by atoms with van der Waals surface area (Å²) in [5.41, 5.74) is 4.04. The van der Waals surface area contributed by atoms with E-state index >= 15 is 0 Å². The zero-order valence-corrected chi connectivity index (χ0v) is 17.1. The van der Waals surface area contributed by atoms with Crippen LogP contribution in [0.2, 0.25) is 0 Å². The minimum Gasteiger partial charge on any atom is -0.385 e. The number of pyridine rings is 1. The van der Waals surface area contributed by atoms with Crippen molar-refractivity contribution in [3.05, 3.63) is 71.3 Å². The molecule has 7 heteroatoms. The molecule has 0 unspecified atom stereocenters. The first-order valence-electron chi connectivity index (χ1n) is 10.2. The van der Waals surface area contributed by atoms with E-state index in [1.165, 1.54) is 17.7 Å². The number of anilines is 1. The van der Waals surface area contributed by atoms with E-state index in [-0.39, 0.29) is 5.82 Å². The summed E-state index contributed by atoms with van der Waals surface area (Å²) in [7, 11) is 1.71. The van der Waals surface area contributed by atoms with Crippen molar-refractivity contribution in [3.8, 4) is 11.5 Å². The van der Waals surface area contributed by atoms with Crippen molar-refractivity contribution in [1.29, 1.82) is 0 Å². The predicted molar refractivity (Wildman–Crippen MR) is 114 cm³/mol. The summed E-state index contributed by atoms with van der Waals surface area (Å²) >= 11 is 0. The summed E-state index contributed by atoms with van der Waals surface area (Å²) in [4.78, 5) is 16.4. The molecule has 3 aromatic rings. The Morgan fingerprint density at radius 1 is 1.13 bits per heavy atom. The quantitative estimate of drug-likeness (QED) is 0.575. The highest BCUT2D eigenvalue weighted by Crippen LogP contribution is 2.27. The predicted octanol–water partition coefficient (Wildman–Crippen LogP) is 3.68. The minimum absolute atomic E-state index is 0.209. The average molecular weight is 407 g/mol. The van der Waals surface area contributed by atoms with Gasteiger partial charge in [0.15, 0.2) is 5.82 Å². The standard InChI is InChI=1S/C23H26FN5O/c1-30-14-4-12-26-22-19-10-13-29(15-17-6-8-18(24)9-7-17)16-21(19)27-23(28-22)20-5-2-3-11-25-20/h2-3,5-9,11H,4,10,12-16H2,1H3,(H,26,27,28). The second-order valence-corrected chi connectivity index (χ2v) is 7.40. The molecule has 0 saturated carbocycles. The summed E-state index contributed by atoms with van der Waals surface area (Å²) in [5, 5.41) is 3.47. The lowest BCUT2D eigenvalue weighted by molar-refractivity contribution is 0.197. The number of rotatable bonds is 8. The van der Waals surface area contributed by atoms with Gasteiger partial charge in [0.2, 0.25) is 0 Å². The Bertz CT molecular complexity index is 965. The highest BCUT2D eigenvalue weighted by atomic mass is 19.1. The van der Waals surface area contributed by atoms with E-state index in [9.17, 15) is 4.39 Å². The minimum atomic E-state index is -0.209. The van der Waals surface area contributed by atoms with Crippen LogP contribution in [0.1, 0.15) is 23.2 Å². The number of hydrogen-bond donors (Lipinski definition) is 1. The molecule has 1 N–H and O–H groups in total. The first-order chi connectivity index (χ1) is 14.7. The van der Waals surface area contributed by atoms with Gasteiger partial charge in [0.25, 0.3) is 0 Å². The lowest BCUT2D eigenvalue weighted by atomic mass is 10.0. The highest BCUT2D eigenvalue weighted by Gasteiger charge is 2.23. The molecule has 0 spiro atoms. The molecule has 0 bridgehead atoms. The first kappa shape index (κ1) is 20.4. The molecule has 0 saturated heterocycles. The number of halogens is 1. The number of benzene rings is 1. The second-order valence-electron chi connectivity index (χ2n) is 7.40. The molecule has 156 valence electrons.